The zero-order valence-electron chi connectivity index (χ0n) is 10.6. The molecule has 0 amide bonds. The van der Waals surface area contributed by atoms with E-state index in [9.17, 15) is 0 Å². The van der Waals surface area contributed by atoms with Gasteiger partial charge in [0.25, 0.3) is 0 Å². The van der Waals surface area contributed by atoms with Crippen LogP contribution in [0.1, 0.15) is 36.9 Å². The summed E-state index contributed by atoms with van der Waals surface area (Å²) in [6.45, 7) is 5.37. The maximum absolute atomic E-state index is 4.08. The number of hydrogen-bond donors (Lipinski definition) is 1. The molecule has 0 saturated heterocycles. The Morgan fingerprint density at radius 2 is 2.06 bits per heavy atom. The van der Waals surface area contributed by atoms with Crippen molar-refractivity contribution in [3.05, 3.63) is 50.9 Å². The number of nitrogens with zero attached hydrogens (tertiary/aromatic N) is 1. The highest BCUT2D eigenvalue weighted by atomic mass is 79.9. The maximum atomic E-state index is 4.08. The van der Waals surface area contributed by atoms with E-state index < -0.39 is 0 Å². The molecule has 1 N–H and O–H groups in total. The van der Waals surface area contributed by atoms with Crippen LogP contribution in [0.4, 0.5) is 0 Å². The molecule has 0 aliphatic heterocycles. The van der Waals surface area contributed by atoms with E-state index in [1.807, 2.05) is 12.4 Å². The van der Waals surface area contributed by atoms with E-state index in [0.29, 0.717) is 12.0 Å². The summed E-state index contributed by atoms with van der Waals surface area (Å²) < 4.78 is 1.18. The van der Waals surface area contributed by atoms with E-state index in [4.69, 9.17) is 0 Å². The quantitative estimate of drug-likeness (QED) is 0.883. The van der Waals surface area contributed by atoms with E-state index in [0.717, 1.165) is 6.54 Å². The van der Waals surface area contributed by atoms with Gasteiger partial charge in [-0.3, -0.25) is 4.98 Å². The van der Waals surface area contributed by atoms with Crippen LogP contribution >= 0.6 is 27.3 Å². The smallest absolute Gasteiger partial charge is 0.0701 e. The summed E-state index contributed by atoms with van der Waals surface area (Å²) in [6.07, 6.45) is 3.72. The molecule has 2 aromatic rings. The normalized spacial score (nSPS) is 14.4. The van der Waals surface area contributed by atoms with Gasteiger partial charge in [0, 0.05) is 24.4 Å². The summed E-state index contributed by atoms with van der Waals surface area (Å²) in [5, 5.41) is 5.79. The van der Waals surface area contributed by atoms with E-state index in [-0.39, 0.29) is 0 Å². The molecule has 0 spiro atoms. The lowest BCUT2D eigenvalue weighted by Crippen LogP contribution is -2.25. The van der Waals surface area contributed by atoms with Crippen LogP contribution in [0.25, 0.3) is 0 Å². The first kappa shape index (κ1) is 13.7. The fourth-order valence-electron chi connectivity index (χ4n) is 2.15. The second-order valence-corrected chi connectivity index (χ2v) is 6.58. The molecule has 2 unspecified atom stereocenters. The molecule has 96 valence electrons. The number of nitrogens with one attached hydrogen (secondary N) is 1. The Labute approximate surface area is 121 Å². The van der Waals surface area contributed by atoms with Crippen molar-refractivity contribution in [2.24, 2.45) is 0 Å². The molecule has 0 aliphatic rings. The second kappa shape index (κ2) is 6.45. The van der Waals surface area contributed by atoms with Gasteiger partial charge in [0.2, 0.25) is 0 Å². The van der Waals surface area contributed by atoms with Gasteiger partial charge in [-0.1, -0.05) is 13.8 Å². The lowest BCUT2D eigenvalue weighted by molar-refractivity contribution is 0.480. The van der Waals surface area contributed by atoms with Gasteiger partial charge in [-0.15, -0.1) is 11.3 Å². The summed E-state index contributed by atoms with van der Waals surface area (Å²) in [7, 11) is 0. The van der Waals surface area contributed by atoms with Gasteiger partial charge in [-0.25, -0.2) is 0 Å². The number of rotatable bonds is 5. The Morgan fingerprint density at radius 1 is 1.33 bits per heavy atom. The monoisotopic (exact) mass is 324 g/mol. The van der Waals surface area contributed by atoms with Gasteiger partial charge < -0.3 is 5.32 Å². The molecule has 2 rings (SSSR count). The third-order valence-electron chi connectivity index (χ3n) is 3.10. The topological polar surface area (TPSA) is 24.9 Å². The molecule has 0 aromatic carbocycles. The maximum Gasteiger partial charge on any atom is 0.0701 e. The highest BCUT2D eigenvalue weighted by Gasteiger charge is 2.20. The number of aromatic nitrogens is 1. The molecule has 0 fully saturated rings. The fourth-order valence-corrected chi connectivity index (χ4v) is 3.36. The molecule has 0 saturated carbocycles. The van der Waals surface area contributed by atoms with Gasteiger partial charge >= 0.3 is 0 Å². The predicted octanol–water partition coefficient (Wildman–Crippen LogP) is 4.36. The Hall–Kier alpha value is -0.710. The van der Waals surface area contributed by atoms with Crippen LogP contribution in [0, 0.1) is 0 Å². The molecule has 18 heavy (non-hydrogen) atoms. The van der Waals surface area contributed by atoms with Crippen molar-refractivity contribution in [1.29, 1.82) is 0 Å². The van der Waals surface area contributed by atoms with Crippen LogP contribution in [-0.2, 0) is 0 Å². The van der Waals surface area contributed by atoms with Crippen LogP contribution in [0.15, 0.2) is 39.8 Å². The minimum Gasteiger partial charge on any atom is -0.310 e. The van der Waals surface area contributed by atoms with Crippen molar-refractivity contribution in [2.75, 3.05) is 6.54 Å². The van der Waals surface area contributed by atoms with Crippen molar-refractivity contribution in [3.8, 4) is 0 Å². The minimum absolute atomic E-state index is 0.347. The number of halogens is 1. The Morgan fingerprint density at radius 3 is 2.61 bits per heavy atom. The SMILES string of the molecule is CCNC(c1csc(Br)c1)C(C)c1ccncc1. The summed E-state index contributed by atoms with van der Waals surface area (Å²) in [6, 6.07) is 6.74. The summed E-state index contributed by atoms with van der Waals surface area (Å²) in [4.78, 5) is 4.08. The average Bonchev–Trinajstić information content (AvgIpc) is 2.82. The summed E-state index contributed by atoms with van der Waals surface area (Å²) >= 11 is 5.27. The highest BCUT2D eigenvalue weighted by molar-refractivity contribution is 9.11. The molecule has 4 heteroatoms. The van der Waals surface area contributed by atoms with Gasteiger partial charge in [0.1, 0.15) is 0 Å². The first-order valence-corrected chi connectivity index (χ1v) is 7.77. The molecule has 0 bridgehead atoms. The average molecular weight is 325 g/mol. The first-order chi connectivity index (χ1) is 8.72. The molecule has 2 nitrogen and oxygen atoms in total. The first-order valence-electron chi connectivity index (χ1n) is 6.09. The van der Waals surface area contributed by atoms with Crippen LogP contribution in [0.2, 0.25) is 0 Å². The largest absolute Gasteiger partial charge is 0.310 e. The van der Waals surface area contributed by atoms with Crippen molar-refractivity contribution in [2.45, 2.75) is 25.8 Å². The van der Waals surface area contributed by atoms with E-state index in [2.05, 4.69) is 63.7 Å². The molecular weight excluding hydrogens is 308 g/mol. The zero-order valence-corrected chi connectivity index (χ0v) is 13.0. The van der Waals surface area contributed by atoms with Gasteiger partial charge in [0.15, 0.2) is 0 Å². The third kappa shape index (κ3) is 3.19. The predicted molar refractivity (Wildman–Crippen MR) is 81.1 cm³/mol. The van der Waals surface area contributed by atoms with E-state index in [1.165, 1.54) is 14.9 Å². The van der Waals surface area contributed by atoms with E-state index >= 15 is 0 Å². The summed E-state index contributed by atoms with van der Waals surface area (Å²) in [5.41, 5.74) is 2.66. The molecule has 2 atom stereocenters. The van der Waals surface area contributed by atoms with Crippen molar-refractivity contribution in [1.82, 2.24) is 10.3 Å². The van der Waals surface area contributed by atoms with Crippen molar-refractivity contribution < 1.29 is 0 Å². The van der Waals surface area contributed by atoms with Gasteiger partial charge in [-0.05, 0) is 57.2 Å². The molecule has 0 radical (unpaired) electrons. The molecular formula is C14H17BrN2S. The Kier molecular flexibility index (Phi) is 4.92. The van der Waals surface area contributed by atoms with Crippen molar-refractivity contribution in [3.63, 3.8) is 0 Å². The standard InChI is InChI=1S/C14H17BrN2S/c1-3-17-14(12-8-13(15)18-9-12)10(2)11-4-6-16-7-5-11/h4-10,14,17H,3H2,1-2H3. The third-order valence-corrected chi connectivity index (χ3v) is 4.63. The number of thiophene rings is 1. The lowest BCUT2D eigenvalue weighted by Gasteiger charge is -2.24. The molecule has 0 aliphatic carbocycles. The Balaban J connectivity index is 2.25. The number of hydrogen-bond acceptors (Lipinski definition) is 3. The van der Waals surface area contributed by atoms with Crippen LogP contribution in [0.3, 0.4) is 0 Å². The summed E-state index contributed by atoms with van der Waals surface area (Å²) in [5.74, 6) is 0.425. The van der Waals surface area contributed by atoms with Crippen LogP contribution in [-0.4, -0.2) is 11.5 Å². The van der Waals surface area contributed by atoms with Crippen LogP contribution in [0.5, 0.6) is 0 Å². The number of likely N-dealkylation sites (N-methyl/N-ethyl adjacent to an activating group) is 1. The minimum atomic E-state index is 0.347. The Bertz CT molecular complexity index is 484. The van der Waals surface area contributed by atoms with Crippen molar-refractivity contribution >= 4 is 27.3 Å². The van der Waals surface area contributed by atoms with E-state index in [1.54, 1.807) is 11.3 Å². The number of pyridine rings is 1. The molecule has 2 aromatic heterocycles. The lowest BCUT2D eigenvalue weighted by atomic mass is 9.90. The van der Waals surface area contributed by atoms with Crippen LogP contribution < -0.4 is 5.32 Å². The van der Waals surface area contributed by atoms with Gasteiger partial charge in [0.05, 0.1) is 3.79 Å². The van der Waals surface area contributed by atoms with Gasteiger partial charge in [-0.2, -0.15) is 0 Å². The second-order valence-electron chi connectivity index (χ2n) is 4.29. The molecule has 2 heterocycles. The highest BCUT2D eigenvalue weighted by Crippen LogP contribution is 2.34. The zero-order chi connectivity index (χ0) is 13.0. The fraction of sp³-hybridized carbons (Fsp3) is 0.357.